The van der Waals surface area contributed by atoms with Crippen LogP contribution in [0.5, 0.6) is 0 Å². The molecule has 2 saturated heterocycles. The number of morpholine rings is 2. The zero-order valence-electron chi connectivity index (χ0n) is 13.1. The average molecular weight is 373 g/mol. The lowest BCUT2D eigenvalue weighted by Crippen LogP contribution is -2.41. The van der Waals surface area contributed by atoms with Gasteiger partial charge in [-0.05, 0) is 12.1 Å². The Bertz CT molecular complexity index is 618. The van der Waals surface area contributed by atoms with E-state index in [1.807, 2.05) is 0 Å². The number of carbonyl (C=O) groups is 2. The maximum Gasteiger partial charge on any atom is 0.257 e. The highest BCUT2D eigenvalue weighted by Gasteiger charge is 2.26. The van der Waals surface area contributed by atoms with Crippen LogP contribution in [0.25, 0.3) is 0 Å². The number of carbonyl (C=O) groups excluding carboxylic acids is 2. The van der Waals surface area contributed by atoms with E-state index in [0.29, 0.717) is 58.2 Å². The highest BCUT2D eigenvalue weighted by molar-refractivity contribution is 6.40. The Morgan fingerprint density at radius 2 is 1.21 bits per heavy atom. The molecule has 0 saturated carbocycles. The molecular weight excluding hydrogens is 355 g/mol. The van der Waals surface area contributed by atoms with Crippen molar-refractivity contribution in [1.82, 2.24) is 9.80 Å². The molecule has 3 rings (SSSR count). The quantitative estimate of drug-likeness (QED) is 0.795. The van der Waals surface area contributed by atoms with E-state index in [1.54, 1.807) is 9.80 Å². The Morgan fingerprint density at radius 1 is 0.792 bits per heavy atom. The first-order valence-electron chi connectivity index (χ1n) is 7.81. The lowest BCUT2D eigenvalue weighted by atomic mass is 10.1. The SMILES string of the molecule is O=C(c1cc(Cl)c(C(=O)N2CCOCC2)c(Cl)c1)N1CCOCC1. The van der Waals surface area contributed by atoms with E-state index in [-0.39, 0.29) is 27.4 Å². The van der Waals surface area contributed by atoms with Crippen molar-refractivity contribution in [2.24, 2.45) is 0 Å². The van der Waals surface area contributed by atoms with Gasteiger partial charge in [0.15, 0.2) is 0 Å². The molecule has 0 unspecified atom stereocenters. The van der Waals surface area contributed by atoms with Gasteiger partial charge in [-0.15, -0.1) is 0 Å². The molecule has 1 aromatic carbocycles. The minimum Gasteiger partial charge on any atom is -0.378 e. The van der Waals surface area contributed by atoms with Crippen LogP contribution in [0.2, 0.25) is 10.0 Å². The third kappa shape index (κ3) is 3.67. The van der Waals surface area contributed by atoms with Gasteiger partial charge < -0.3 is 19.3 Å². The molecule has 2 aliphatic heterocycles. The lowest BCUT2D eigenvalue weighted by Gasteiger charge is -2.28. The third-order valence-electron chi connectivity index (χ3n) is 4.10. The molecule has 0 spiro atoms. The fourth-order valence-corrected chi connectivity index (χ4v) is 3.42. The van der Waals surface area contributed by atoms with E-state index < -0.39 is 0 Å². The van der Waals surface area contributed by atoms with E-state index in [4.69, 9.17) is 32.7 Å². The van der Waals surface area contributed by atoms with Crippen LogP contribution in [0.3, 0.4) is 0 Å². The number of nitrogens with zero attached hydrogens (tertiary/aromatic N) is 2. The summed E-state index contributed by atoms with van der Waals surface area (Å²) in [4.78, 5) is 28.5. The standard InChI is InChI=1S/C16H18Cl2N2O4/c17-12-9-11(15(21)19-1-5-23-6-2-19)10-13(18)14(12)16(22)20-3-7-24-8-4-20/h9-10H,1-8H2. The Balaban J connectivity index is 1.82. The number of ether oxygens (including phenoxy) is 2. The molecule has 0 aliphatic carbocycles. The second kappa shape index (κ2) is 7.70. The van der Waals surface area contributed by atoms with Crippen LogP contribution in [0.4, 0.5) is 0 Å². The fourth-order valence-electron chi connectivity index (χ4n) is 2.77. The van der Waals surface area contributed by atoms with Crippen LogP contribution >= 0.6 is 23.2 Å². The van der Waals surface area contributed by atoms with Crippen LogP contribution in [-0.4, -0.2) is 74.2 Å². The molecule has 0 atom stereocenters. The lowest BCUT2D eigenvalue weighted by molar-refractivity contribution is 0.0298. The fraction of sp³-hybridized carbons (Fsp3) is 0.500. The molecule has 0 bridgehead atoms. The van der Waals surface area contributed by atoms with Gasteiger partial charge in [0.05, 0.1) is 42.0 Å². The molecule has 2 amide bonds. The number of halogens is 2. The predicted octanol–water partition coefficient (Wildman–Crippen LogP) is 1.94. The maximum absolute atomic E-state index is 12.6. The summed E-state index contributed by atoms with van der Waals surface area (Å²) in [5.74, 6) is -0.397. The molecule has 0 radical (unpaired) electrons. The molecule has 1 aromatic rings. The molecule has 24 heavy (non-hydrogen) atoms. The van der Waals surface area contributed by atoms with Crippen LogP contribution < -0.4 is 0 Å². The van der Waals surface area contributed by atoms with Gasteiger partial charge >= 0.3 is 0 Å². The second-order valence-corrected chi connectivity index (χ2v) is 6.44. The second-order valence-electron chi connectivity index (χ2n) is 5.62. The van der Waals surface area contributed by atoms with Gasteiger partial charge in [-0.2, -0.15) is 0 Å². The molecule has 2 fully saturated rings. The van der Waals surface area contributed by atoms with E-state index in [9.17, 15) is 9.59 Å². The van der Waals surface area contributed by atoms with Gasteiger partial charge in [0.1, 0.15) is 0 Å². The highest BCUT2D eigenvalue weighted by atomic mass is 35.5. The highest BCUT2D eigenvalue weighted by Crippen LogP contribution is 2.29. The first kappa shape index (κ1) is 17.5. The minimum atomic E-state index is -0.237. The first-order valence-corrected chi connectivity index (χ1v) is 8.56. The number of hydrogen-bond acceptors (Lipinski definition) is 4. The Morgan fingerprint density at radius 3 is 1.67 bits per heavy atom. The minimum absolute atomic E-state index is 0.160. The van der Waals surface area contributed by atoms with Crippen LogP contribution in [0, 0.1) is 0 Å². The number of benzene rings is 1. The van der Waals surface area contributed by atoms with Gasteiger partial charge in [0, 0.05) is 31.7 Å². The summed E-state index contributed by atoms with van der Waals surface area (Å²) >= 11 is 12.5. The van der Waals surface area contributed by atoms with Gasteiger partial charge in [-0.3, -0.25) is 9.59 Å². The molecule has 0 aromatic heterocycles. The third-order valence-corrected chi connectivity index (χ3v) is 4.70. The summed E-state index contributed by atoms with van der Waals surface area (Å²) in [7, 11) is 0. The van der Waals surface area contributed by atoms with E-state index in [2.05, 4.69) is 0 Å². The van der Waals surface area contributed by atoms with Crippen molar-refractivity contribution in [3.63, 3.8) is 0 Å². The summed E-state index contributed by atoms with van der Waals surface area (Å²) in [6.45, 7) is 4.08. The summed E-state index contributed by atoms with van der Waals surface area (Å²) in [6, 6.07) is 3.03. The topological polar surface area (TPSA) is 59.1 Å². The monoisotopic (exact) mass is 372 g/mol. The molecule has 130 valence electrons. The van der Waals surface area contributed by atoms with Crippen molar-refractivity contribution >= 4 is 35.0 Å². The van der Waals surface area contributed by atoms with Gasteiger partial charge in [0.25, 0.3) is 11.8 Å². The molecule has 2 heterocycles. The Kier molecular flexibility index (Phi) is 5.61. The zero-order valence-corrected chi connectivity index (χ0v) is 14.6. The summed E-state index contributed by atoms with van der Waals surface area (Å²) in [6.07, 6.45) is 0. The predicted molar refractivity (Wildman–Crippen MR) is 89.9 cm³/mol. The zero-order chi connectivity index (χ0) is 17.1. The number of rotatable bonds is 2. The molecule has 8 heteroatoms. The van der Waals surface area contributed by atoms with Crippen molar-refractivity contribution in [3.8, 4) is 0 Å². The van der Waals surface area contributed by atoms with Crippen LogP contribution in [0.15, 0.2) is 12.1 Å². The largest absolute Gasteiger partial charge is 0.378 e. The maximum atomic E-state index is 12.6. The number of hydrogen-bond donors (Lipinski definition) is 0. The van der Waals surface area contributed by atoms with Gasteiger partial charge in [0.2, 0.25) is 0 Å². The Hall–Kier alpha value is -1.34. The summed E-state index contributed by atoms with van der Waals surface area (Å²) < 4.78 is 10.5. The van der Waals surface area contributed by atoms with Crippen molar-refractivity contribution in [2.45, 2.75) is 0 Å². The van der Waals surface area contributed by atoms with Crippen molar-refractivity contribution in [1.29, 1.82) is 0 Å². The summed E-state index contributed by atoms with van der Waals surface area (Å²) in [5.41, 5.74) is 0.615. The van der Waals surface area contributed by atoms with E-state index in [0.717, 1.165) is 0 Å². The van der Waals surface area contributed by atoms with Gasteiger partial charge in [-0.1, -0.05) is 23.2 Å². The van der Waals surface area contributed by atoms with Gasteiger partial charge in [-0.25, -0.2) is 0 Å². The summed E-state index contributed by atoms with van der Waals surface area (Å²) in [5, 5.41) is 0.381. The van der Waals surface area contributed by atoms with E-state index in [1.165, 1.54) is 12.1 Å². The number of amides is 2. The van der Waals surface area contributed by atoms with Crippen molar-refractivity contribution in [2.75, 3.05) is 52.6 Å². The molecule has 2 aliphatic rings. The molecule has 6 nitrogen and oxygen atoms in total. The van der Waals surface area contributed by atoms with Crippen molar-refractivity contribution < 1.29 is 19.1 Å². The smallest absolute Gasteiger partial charge is 0.257 e. The van der Waals surface area contributed by atoms with Crippen LogP contribution in [-0.2, 0) is 9.47 Å². The molecular formula is C16H18Cl2N2O4. The Labute approximate surface area is 150 Å². The van der Waals surface area contributed by atoms with Crippen LogP contribution in [0.1, 0.15) is 20.7 Å². The normalized spacial score (nSPS) is 18.6. The molecule has 0 N–H and O–H groups in total. The van der Waals surface area contributed by atoms with E-state index >= 15 is 0 Å². The first-order chi connectivity index (χ1) is 11.6. The average Bonchev–Trinajstić information content (AvgIpc) is 2.61. The van der Waals surface area contributed by atoms with Crippen molar-refractivity contribution in [3.05, 3.63) is 33.3 Å².